The summed E-state index contributed by atoms with van der Waals surface area (Å²) in [5, 5.41) is 6.15. The van der Waals surface area contributed by atoms with Crippen LogP contribution in [0.2, 0.25) is 5.02 Å². The van der Waals surface area contributed by atoms with Crippen LogP contribution in [0.15, 0.2) is 102 Å². The Labute approximate surface area is 261 Å². The minimum atomic E-state index is -3.96. The van der Waals surface area contributed by atoms with Gasteiger partial charge in [0.05, 0.1) is 10.6 Å². The summed E-state index contributed by atoms with van der Waals surface area (Å²) in [5.41, 5.74) is 4.53. The molecule has 0 spiro atoms. The van der Waals surface area contributed by atoms with Gasteiger partial charge in [-0.1, -0.05) is 48.0 Å². The van der Waals surface area contributed by atoms with E-state index in [9.17, 15) is 18.0 Å². The predicted octanol–water partition coefficient (Wildman–Crippen LogP) is 5.53. The minimum Gasteiger partial charge on any atom is -0.369 e. The van der Waals surface area contributed by atoms with Gasteiger partial charge in [0.15, 0.2) is 5.78 Å². The smallest absolute Gasteiger partial charge is 0.263 e. The fourth-order valence-electron chi connectivity index (χ4n) is 5.23. The lowest BCUT2D eigenvalue weighted by molar-refractivity contribution is -0.110. The van der Waals surface area contributed by atoms with Crippen LogP contribution in [-0.4, -0.2) is 58.2 Å². The van der Waals surface area contributed by atoms with Crippen LogP contribution in [0.25, 0.3) is 5.57 Å². The third-order valence-corrected chi connectivity index (χ3v) is 9.57. The molecule has 0 saturated carbocycles. The zero-order valence-corrected chi connectivity index (χ0v) is 25.5. The number of hydrogen-bond donors (Lipinski definition) is 3. The molecule has 44 heavy (non-hydrogen) atoms. The van der Waals surface area contributed by atoms with E-state index >= 15 is 0 Å². The van der Waals surface area contributed by atoms with E-state index in [1.807, 2.05) is 12.1 Å². The molecule has 224 valence electrons. The summed E-state index contributed by atoms with van der Waals surface area (Å²) < 4.78 is 28.2. The average Bonchev–Trinajstić information content (AvgIpc) is 3.34. The van der Waals surface area contributed by atoms with Crippen molar-refractivity contribution in [3.8, 4) is 0 Å². The van der Waals surface area contributed by atoms with Crippen molar-refractivity contribution in [1.82, 2.24) is 4.90 Å². The number of ketones is 1. The summed E-state index contributed by atoms with van der Waals surface area (Å²) in [4.78, 5) is 30.8. The third-order valence-electron chi connectivity index (χ3n) is 7.69. The molecule has 9 nitrogen and oxygen atoms in total. The maximum Gasteiger partial charge on any atom is 0.263 e. The van der Waals surface area contributed by atoms with Crippen LogP contribution in [0.4, 0.5) is 22.7 Å². The Kier molecular flexibility index (Phi) is 8.13. The minimum absolute atomic E-state index is 0.0613. The van der Waals surface area contributed by atoms with Crippen LogP contribution in [0, 0.1) is 0 Å². The molecule has 0 radical (unpaired) electrons. The van der Waals surface area contributed by atoms with Gasteiger partial charge in [0.2, 0.25) is 0 Å². The summed E-state index contributed by atoms with van der Waals surface area (Å²) >= 11 is 6.08. The highest BCUT2D eigenvalue weighted by Crippen LogP contribution is 2.33. The van der Waals surface area contributed by atoms with Crippen molar-refractivity contribution in [2.24, 2.45) is 0 Å². The molecular formula is C33H30ClN5O4S. The van der Waals surface area contributed by atoms with Gasteiger partial charge >= 0.3 is 0 Å². The Morgan fingerprint density at radius 3 is 2.34 bits per heavy atom. The highest BCUT2D eigenvalue weighted by Gasteiger charge is 2.26. The molecule has 0 unspecified atom stereocenters. The monoisotopic (exact) mass is 627 g/mol. The summed E-state index contributed by atoms with van der Waals surface area (Å²) in [7, 11) is -1.83. The van der Waals surface area contributed by atoms with Crippen molar-refractivity contribution in [3.63, 3.8) is 0 Å². The maximum absolute atomic E-state index is 13.4. The zero-order valence-electron chi connectivity index (χ0n) is 23.9. The quantitative estimate of drug-likeness (QED) is 0.174. The van der Waals surface area contributed by atoms with Gasteiger partial charge in [-0.25, -0.2) is 8.42 Å². The molecule has 0 aromatic heterocycles. The fourth-order valence-corrected chi connectivity index (χ4v) is 6.80. The predicted molar refractivity (Wildman–Crippen MR) is 175 cm³/mol. The molecule has 6 rings (SSSR count). The average molecular weight is 628 g/mol. The molecule has 0 bridgehead atoms. The second kappa shape index (κ2) is 12.2. The number of piperazine rings is 1. The first-order chi connectivity index (χ1) is 21.2. The number of carbonyl (C=O) groups is 2. The van der Waals surface area contributed by atoms with Crippen molar-refractivity contribution in [3.05, 3.63) is 119 Å². The molecule has 0 atom stereocenters. The Hall–Kier alpha value is -4.64. The molecule has 4 aromatic rings. The van der Waals surface area contributed by atoms with E-state index in [4.69, 9.17) is 11.6 Å². The Morgan fingerprint density at radius 2 is 1.59 bits per heavy atom. The Balaban J connectivity index is 1.16. The summed E-state index contributed by atoms with van der Waals surface area (Å²) in [6.07, 6.45) is 1.67. The van der Waals surface area contributed by atoms with Crippen molar-refractivity contribution in [2.75, 3.05) is 53.5 Å². The second-order valence-electron chi connectivity index (χ2n) is 10.7. The van der Waals surface area contributed by atoms with Gasteiger partial charge in [0.25, 0.3) is 15.9 Å². The van der Waals surface area contributed by atoms with Gasteiger partial charge in [0, 0.05) is 71.8 Å². The van der Waals surface area contributed by atoms with E-state index in [0.29, 0.717) is 22.4 Å². The number of sulfonamides is 1. The van der Waals surface area contributed by atoms with Gasteiger partial charge < -0.3 is 20.4 Å². The van der Waals surface area contributed by atoms with E-state index in [2.05, 4.69) is 44.3 Å². The van der Waals surface area contributed by atoms with Gasteiger partial charge in [-0.15, -0.1) is 0 Å². The van der Waals surface area contributed by atoms with Gasteiger partial charge in [0.1, 0.15) is 4.90 Å². The van der Waals surface area contributed by atoms with Crippen LogP contribution in [-0.2, 0) is 14.8 Å². The number of amides is 1. The fraction of sp³-hybridized carbons (Fsp3) is 0.152. The summed E-state index contributed by atoms with van der Waals surface area (Å²) in [5.74, 6) is -0.598. The summed E-state index contributed by atoms with van der Waals surface area (Å²) in [6.45, 7) is 4.05. The zero-order chi connectivity index (χ0) is 30.8. The van der Waals surface area contributed by atoms with Crippen LogP contribution >= 0.6 is 11.6 Å². The van der Waals surface area contributed by atoms with Crippen molar-refractivity contribution >= 4 is 61.6 Å². The number of likely N-dealkylation sites (N-methyl/N-ethyl adjacent to an activating group) is 1. The second-order valence-corrected chi connectivity index (χ2v) is 12.8. The van der Waals surface area contributed by atoms with Crippen molar-refractivity contribution < 1.29 is 18.0 Å². The van der Waals surface area contributed by atoms with E-state index in [1.54, 1.807) is 54.7 Å². The number of hydrogen-bond acceptors (Lipinski definition) is 7. The Bertz CT molecular complexity index is 1880. The molecule has 2 aliphatic rings. The number of rotatable bonds is 8. The summed E-state index contributed by atoms with van der Waals surface area (Å²) in [6, 6.07) is 25.5. The van der Waals surface area contributed by atoms with Crippen LogP contribution < -0.4 is 20.3 Å². The van der Waals surface area contributed by atoms with Gasteiger partial charge in [-0.05, 0) is 61.6 Å². The van der Waals surface area contributed by atoms with E-state index in [-0.39, 0.29) is 32.9 Å². The normalized spacial score (nSPS) is 16.0. The first-order valence-electron chi connectivity index (χ1n) is 14.1. The molecule has 11 heteroatoms. The molecule has 1 amide bonds. The van der Waals surface area contributed by atoms with Crippen molar-refractivity contribution in [1.29, 1.82) is 0 Å². The maximum atomic E-state index is 13.4. The lowest BCUT2D eigenvalue weighted by atomic mass is 9.99. The molecule has 0 aliphatic carbocycles. The van der Waals surface area contributed by atoms with Crippen LogP contribution in [0.1, 0.15) is 21.5 Å². The lowest BCUT2D eigenvalue weighted by Gasteiger charge is -2.34. The van der Waals surface area contributed by atoms with E-state index in [1.165, 1.54) is 23.9 Å². The van der Waals surface area contributed by atoms with Crippen molar-refractivity contribution in [2.45, 2.75) is 4.90 Å². The van der Waals surface area contributed by atoms with E-state index in [0.717, 1.165) is 31.9 Å². The molecule has 2 aliphatic heterocycles. The molecule has 3 N–H and O–H groups in total. The number of nitrogens with one attached hydrogen (secondary N) is 3. The molecule has 2 heterocycles. The van der Waals surface area contributed by atoms with E-state index < -0.39 is 10.0 Å². The van der Waals surface area contributed by atoms with Crippen LogP contribution in [0.5, 0.6) is 0 Å². The lowest BCUT2D eigenvalue weighted by Crippen LogP contribution is -2.44. The SMILES string of the molecule is CN1CCN(c2ccc(N/C=C3/C(=O)Nc4cc(C(=O)c5cccc(NS(=O)(=O)c6ccccc6Cl)c5)ccc43)cc2)CC1. The third kappa shape index (κ3) is 6.19. The highest BCUT2D eigenvalue weighted by molar-refractivity contribution is 7.92. The molecule has 1 saturated heterocycles. The molecule has 1 fully saturated rings. The largest absolute Gasteiger partial charge is 0.369 e. The number of fused-ring (bicyclic) bond motifs is 1. The first kappa shape index (κ1) is 29.4. The topological polar surface area (TPSA) is 111 Å². The standard InChI is InChI=1S/C33H30ClN5O4S/c1-38-15-17-39(18-16-38)26-12-10-24(11-13-26)35-21-28-27-14-9-23(20-30(27)36-33(28)41)32(40)22-5-4-6-25(19-22)37-44(42,43)31-8-3-2-7-29(31)34/h2-14,19-21,35,37H,15-18H2,1H3,(H,36,41)/b28-21+. The number of carbonyl (C=O) groups excluding carboxylic acids is 2. The van der Waals surface area contributed by atoms with Gasteiger partial charge in [-0.2, -0.15) is 0 Å². The number of nitrogens with zero attached hydrogens (tertiary/aromatic N) is 2. The highest BCUT2D eigenvalue weighted by atomic mass is 35.5. The number of halogens is 1. The van der Waals surface area contributed by atoms with Gasteiger partial charge in [-0.3, -0.25) is 14.3 Å². The van der Waals surface area contributed by atoms with Crippen LogP contribution in [0.3, 0.4) is 0 Å². The molecular weight excluding hydrogens is 598 g/mol. The Morgan fingerprint density at radius 1 is 0.864 bits per heavy atom. The number of benzene rings is 4. The number of anilines is 4. The molecule has 4 aromatic carbocycles. The first-order valence-corrected chi connectivity index (χ1v) is 15.9.